The number of hydrogen-bond donors (Lipinski definition) is 1. The highest BCUT2D eigenvalue weighted by molar-refractivity contribution is 6.29. The van der Waals surface area contributed by atoms with Crippen molar-refractivity contribution in [1.82, 2.24) is 4.98 Å². The van der Waals surface area contributed by atoms with Crippen molar-refractivity contribution in [1.29, 1.82) is 0 Å². The first kappa shape index (κ1) is 8.19. The number of anilines is 1. The number of nitrogens with two attached hydrogens (primary N) is 1. The number of hydrogen-bond acceptors (Lipinski definition) is 4. The Hall–Kier alpha value is -1.42. The number of aromatic nitrogens is 1. The maximum Gasteiger partial charge on any atom is 0.231 e. The first-order valence-electron chi connectivity index (χ1n) is 3.60. The van der Waals surface area contributed by atoms with Crippen LogP contribution in [0.5, 0.6) is 5.75 Å². The predicted octanol–water partition coefficient (Wildman–Crippen LogP) is 2.07. The minimum absolute atomic E-state index is 0.270. The Labute approximate surface area is 79.2 Å². The Balaban J connectivity index is 2.82. The van der Waals surface area contributed by atoms with E-state index in [1.807, 2.05) is 0 Å². The van der Waals surface area contributed by atoms with E-state index in [1.165, 1.54) is 13.3 Å². The SMILES string of the molecule is COc1c(N)cnc2oc(Cl)cc12. The van der Waals surface area contributed by atoms with Gasteiger partial charge in [-0.05, 0) is 11.6 Å². The summed E-state index contributed by atoms with van der Waals surface area (Å²) >= 11 is 5.66. The summed E-state index contributed by atoms with van der Waals surface area (Å²) < 4.78 is 10.2. The topological polar surface area (TPSA) is 61.3 Å². The van der Waals surface area contributed by atoms with E-state index >= 15 is 0 Å². The number of methoxy groups -OCH3 is 1. The van der Waals surface area contributed by atoms with Gasteiger partial charge in [-0.1, -0.05) is 0 Å². The number of nitrogen functional groups attached to an aromatic ring is 1. The van der Waals surface area contributed by atoms with Gasteiger partial charge >= 0.3 is 0 Å². The van der Waals surface area contributed by atoms with Gasteiger partial charge in [0.25, 0.3) is 0 Å². The lowest BCUT2D eigenvalue weighted by Gasteiger charge is -2.02. The minimum atomic E-state index is 0.270. The fourth-order valence-electron chi connectivity index (χ4n) is 1.18. The molecule has 0 spiro atoms. The van der Waals surface area contributed by atoms with Gasteiger partial charge in [-0.25, -0.2) is 4.98 Å². The molecule has 2 rings (SSSR count). The molecule has 0 saturated carbocycles. The fraction of sp³-hybridized carbons (Fsp3) is 0.125. The number of rotatable bonds is 1. The van der Waals surface area contributed by atoms with E-state index in [0.717, 1.165) is 0 Å². The number of fused-ring (bicyclic) bond motifs is 1. The number of pyridine rings is 1. The molecule has 0 saturated heterocycles. The van der Waals surface area contributed by atoms with E-state index in [9.17, 15) is 0 Å². The zero-order valence-electron chi connectivity index (χ0n) is 6.87. The first-order valence-corrected chi connectivity index (χ1v) is 3.97. The van der Waals surface area contributed by atoms with Crippen LogP contribution in [0.2, 0.25) is 5.22 Å². The zero-order chi connectivity index (χ0) is 9.42. The molecule has 0 bridgehead atoms. The average molecular weight is 199 g/mol. The van der Waals surface area contributed by atoms with Crippen LogP contribution in [0.4, 0.5) is 5.69 Å². The molecule has 0 atom stereocenters. The second-order valence-corrected chi connectivity index (χ2v) is 2.89. The molecule has 0 aliphatic rings. The van der Waals surface area contributed by atoms with Gasteiger partial charge in [0.05, 0.1) is 24.4 Å². The van der Waals surface area contributed by atoms with Gasteiger partial charge in [0.1, 0.15) is 0 Å². The molecule has 5 heteroatoms. The predicted molar refractivity (Wildman–Crippen MR) is 50.0 cm³/mol. The maximum absolute atomic E-state index is 5.66. The van der Waals surface area contributed by atoms with Crippen LogP contribution in [0.1, 0.15) is 0 Å². The summed E-state index contributed by atoms with van der Waals surface area (Å²) in [6.45, 7) is 0. The number of nitrogens with zero attached hydrogens (tertiary/aromatic N) is 1. The molecule has 2 N–H and O–H groups in total. The normalized spacial score (nSPS) is 10.6. The van der Waals surface area contributed by atoms with E-state index in [0.29, 0.717) is 22.5 Å². The number of halogens is 1. The zero-order valence-corrected chi connectivity index (χ0v) is 7.63. The third-order valence-corrected chi connectivity index (χ3v) is 1.90. The molecular weight excluding hydrogens is 192 g/mol. The Morgan fingerprint density at radius 1 is 1.62 bits per heavy atom. The van der Waals surface area contributed by atoms with Crippen molar-refractivity contribution < 1.29 is 9.15 Å². The molecule has 0 radical (unpaired) electrons. The first-order chi connectivity index (χ1) is 6.22. The van der Waals surface area contributed by atoms with Gasteiger partial charge in [0.15, 0.2) is 11.0 Å². The highest BCUT2D eigenvalue weighted by atomic mass is 35.5. The van der Waals surface area contributed by atoms with Crippen molar-refractivity contribution in [2.45, 2.75) is 0 Å². The molecule has 0 aliphatic carbocycles. The van der Waals surface area contributed by atoms with E-state index in [2.05, 4.69) is 4.98 Å². The molecule has 0 unspecified atom stereocenters. The van der Waals surface area contributed by atoms with E-state index in [-0.39, 0.29) is 5.22 Å². The minimum Gasteiger partial charge on any atom is -0.494 e. The molecule has 2 aromatic heterocycles. The van der Waals surface area contributed by atoms with Crippen LogP contribution in [0.25, 0.3) is 11.1 Å². The molecule has 2 heterocycles. The van der Waals surface area contributed by atoms with Gasteiger partial charge in [-0.2, -0.15) is 0 Å². The summed E-state index contributed by atoms with van der Waals surface area (Å²) in [5.74, 6) is 0.542. The second-order valence-electron chi connectivity index (χ2n) is 2.52. The molecule has 0 amide bonds. The summed E-state index contributed by atoms with van der Waals surface area (Å²) in [6, 6.07) is 1.62. The quantitative estimate of drug-likeness (QED) is 0.762. The Morgan fingerprint density at radius 3 is 3.08 bits per heavy atom. The van der Waals surface area contributed by atoms with Crippen molar-refractivity contribution >= 4 is 28.4 Å². The van der Waals surface area contributed by atoms with Crippen LogP contribution >= 0.6 is 11.6 Å². The van der Waals surface area contributed by atoms with E-state index in [1.54, 1.807) is 6.07 Å². The summed E-state index contributed by atoms with van der Waals surface area (Å²) in [7, 11) is 1.53. The van der Waals surface area contributed by atoms with Crippen LogP contribution in [-0.4, -0.2) is 12.1 Å². The number of furan rings is 1. The lowest BCUT2D eigenvalue weighted by molar-refractivity contribution is 0.421. The van der Waals surface area contributed by atoms with Crippen LogP contribution in [-0.2, 0) is 0 Å². The van der Waals surface area contributed by atoms with Crippen LogP contribution < -0.4 is 10.5 Å². The van der Waals surface area contributed by atoms with E-state index < -0.39 is 0 Å². The van der Waals surface area contributed by atoms with Crippen molar-refractivity contribution in [3.8, 4) is 5.75 Å². The molecule has 2 aromatic rings. The smallest absolute Gasteiger partial charge is 0.231 e. The third-order valence-electron chi connectivity index (χ3n) is 1.71. The molecule has 0 aliphatic heterocycles. The molecular formula is C8H7ClN2O2. The Bertz CT molecular complexity index is 453. The second kappa shape index (κ2) is 2.81. The highest BCUT2D eigenvalue weighted by Gasteiger charge is 2.11. The highest BCUT2D eigenvalue weighted by Crippen LogP contribution is 2.33. The summed E-state index contributed by atoms with van der Waals surface area (Å²) in [4.78, 5) is 3.95. The van der Waals surface area contributed by atoms with Crippen molar-refractivity contribution in [3.63, 3.8) is 0 Å². The average Bonchev–Trinajstić information content (AvgIpc) is 2.45. The third kappa shape index (κ3) is 1.19. The lowest BCUT2D eigenvalue weighted by Crippen LogP contribution is -1.93. The largest absolute Gasteiger partial charge is 0.494 e. The van der Waals surface area contributed by atoms with E-state index in [4.69, 9.17) is 26.5 Å². The molecule has 68 valence electrons. The summed E-state index contributed by atoms with van der Waals surface area (Å²) in [5, 5.41) is 0.957. The summed E-state index contributed by atoms with van der Waals surface area (Å²) in [5.41, 5.74) is 6.53. The van der Waals surface area contributed by atoms with Crippen LogP contribution in [0, 0.1) is 0 Å². The van der Waals surface area contributed by atoms with Crippen LogP contribution in [0.3, 0.4) is 0 Å². The van der Waals surface area contributed by atoms with Crippen molar-refractivity contribution in [2.75, 3.05) is 12.8 Å². The molecule has 0 aromatic carbocycles. The van der Waals surface area contributed by atoms with Gasteiger partial charge in [-0.3, -0.25) is 0 Å². The maximum atomic E-state index is 5.66. The van der Waals surface area contributed by atoms with Crippen molar-refractivity contribution in [2.24, 2.45) is 0 Å². The van der Waals surface area contributed by atoms with Gasteiger partial charge in [0.2, 0.25) is 5.71 Å². The van der Waals surface area contributed by atoms with Gasteiger partial charge in [-0.15, -0.1) is 0 Å². The Morgan fingerprint density at radius 2 is 2.38 bits per heavy atom. The molecule has 0 fully saturated rings. The fourth-order valence-corrected chi connectivity index (χ4v) is 1.36. The van der Waals surface area contributed by atoms with Crippen LogP contribution in [0.15, 0.2) is 16.7 Å². The number of ether oxygens (including phenoxy) is 1. The van der Waals surface area contributed by atoms with Crippen molar-refractivity contribution in [3.05, 3.63) is 17.5 Å². The van der Waals surface area contributed by atoms with Gasteiger partial charge < -0.3 is 14.9 Å². The van der Waals surface area contributed by atoms with Gasteiger partial charge in [0, 0.05) is 6.07 Å². The molecule has 4 nitrogen and oxygen atoms in total. The Kier molecular flexibility index (Phi) is 1.77. The standard InChI is InChI=1S/C8H7ClN2O2/c1-12-7-4-2-6(9)13-8(4)11-3-5(7)10/h2-3H,10H2,1H3. The summed E-state index contributed by atoms with van der Waals surface area (Å²) in [6.07, 6.45) is 1.47. The monoisotopic (exact) mass is 198 g/mol. The molecule has 13 heavy (non-hydrogen) atoms. The lowest BCUT2D eigenvalue weighted by atomic mass is 10.3.